The molecule has 0 radical (unpaired) electrons. The van der Waals surface area contributed by atoms with Crippen LogP contribution in [0.5, 0.6) is 5.75 Å². The average molecular weight is 312 g/mol. The van der Waals surface area contributed by atoms with Gasteiger partial charge in [0.1, 0.15) is 11.6 Å². The zero-order valence-electron chi connectivity index (χ0n) is 12.0. The average Bonchev–Trinajstić information content (AvgIpc) is 3.07. The smallest absolute Gasteiger partial charge is 0.130 e. The van der Waals surface area contributed by atoms with Crippen LogP contribution in [-0.4, -0.2) is 17.3 Å². The van der Waals surface area contributed by atoms with E-state index in [1.165, 1.54) is 11.1 Å². The summed E-state index contributed by atoms with van der Waals surface area (Å²) in [6.07, 6.45) is 0.834. The molecule has 0 atom stereocenters. The summed E-state index contributed by atoms with van der Waals surface area (Å²) < 4.78 is 5.17. The fourth-order valence-electron chi connectivity index (χ4n) is 2.81. The van der Waals surface area contributed by atoms with Gasteiger partial charge in [-0.25, -0.2) is 0 Å². The number of hydrogen-bond acceptors (Lipinski definition) is 3. The van der Waals surface area contributed by atoms with Crippen molar-refractivity contribution in [3.63, 3.8) is 0 Å². The molecular weight excluding hydrogens is 298 g/mol. The molecule has 4 nitrogen and oxygen atoms in total. The van der Waals surface area contributed by atoms with Crippen molar-refractivity contribution in [2.75, 3.05) is 12.4 Å². The molecule has 22 heavy (non-hydrogen) atoms. The number of nitrogens with one attached hydrogen (secondary N) is 2. The molecule has 0 amide bonds. The zero-order chi connectivity index (χ0) is 15.1. The number of H-pyrrole nitrogens is 1. The van der Waals surface area contributed by atoms with E-state index in [9.17, 15) is 0 Å². The molecule has 1 aromatic heterocycles. The van der Waals surface area contributed by atoms with Crippen LogP contribution in [0.25, 0.3) is 11.3 Å². The molecule has 2 N–H and O–H groups in total. The molecule has 1 aliphatic carbocycles. The summed E-state index contributed by atoms with van der Waals surface area (Å²) >= 11 is 6.08. The number of anilines is 2. The molecule has 2 aromatic carbocycles. The summed E-state index contributed by atoms with van der Waals surface area (Å²) in [5.41, 5.74) is 5.53. The SMILES string of the molecule is COc1ccc(Nc2[nH]nc3c2Cc2cc(Cl)ccc2-3)cc1. The van der Waals surface area contributed by atoms with Crippen molar-refractivity contribution < 1.29 is 4.74 Å². The number of aromatic amines is 1. The third kappa shape index (κ3) is 2.12. The highest BCUT2D eigenvalue weighted by atomic mass is 35.5. The summed E-state index contributed by atoms with van der Waals surface area (Å²) in [6.45, 7) is 0. The minimum absolute atomic E-state index is 0.762. The number of fused-ring (bicyclic) bond motifs is 3. The van der Waals surface area contributed by atoms with E-state index < -0.39 is 0 Å². The second-order valence-corrected chi connectivity index (χ2v) is 5.69. The minimum Gasteiger partial charge on any atom is -0.497 e. The van der Waals surface area contributed by atoms with Gasteiger partial charge in [0.2, 0.25) is 0 Å². The van der Waals surface area contributed by atoms with E-state index in [-0.39, 0.29) is 0 Å². The quantitative estimate of drug-likeness (QED) is 0.590. The van der Waals surface area contributed by atoms with Crippen LogP contribution in [0.15, 0.2) is 42.5 Å². The Balaban J connectivity index is 1.65. The van der Waals surface area contributed by atoms with Crippen molar-refractivity contribution in [1.29, 1.82) is 0 Å². The summed E-state index contributed by atoms with van der Waals surface area (Å²) in [5.74, 6) is 1.76. The molecule has 4 rings (SSSR count). The van der Waals surface area contributed by atoms with Gasteiger partial charge in [-0.05, 0) is 42.0 Å². The van der Waals surface area contributed by atoms with Crippen LogP contribution >= 0.6 is 11.6 Å². The fourth-order valence-corrected chi connectivity index (χ4v) is 3.01. The Morgan fingerprint density at radius 3 is 2.77 bits per heavy atom. The van der Waals surface area contributed by atoms with E-state index in [0.717, 1.165) is 40.0 Å². The molecule has 1 heterocycles. The second kappa shape index (κ2) is 5.07. The first-order valence-corrected chi connectivity index (χ1v) is 7.39. The first kappa shape index (κ1) is 13.2. The van der Waals surface area contributed by atoms with E-state index in [4.69, 9.17) is 16.3 Å². The monoisotopic (exact) mass is 311 g/mol. The van der Waals surface area contributed by atoms with Crippen LogP contribution in [0.1, 0.15) is 11.1 Å². The van der Waals surface area contributed by atoms with Crippen molar-refractivity contribution in [3.8, 4) is 17.0 Å². The summed E-state index contributed by atoms with van der Waals surface area (Å²) in [4.78, 5) is 0. The third-order valence-electron chi connectivity index (χ3n) is 3.92. The van der Waals surface area contributed by atoms with Crippen molar-refractivity contribution in [1.82, 2.24) is 10.2 Å². The van der Waals surface area contributed by atoms with E-state index in [1.54, 1.807) is 7.11 Å². The van der Waals surface area contributed by atoms with E-state index in [1.807, 2.05) is 42.5 Å². The van der Waals surface area contributed by atoms with E-state index in [0.29, 0.717) is 0 Å². The maximum atomic E-state index is 6.08. The first-order chi connectivity index (χ1) is 10.7. The Morgan fingerprint density at radius 1 is 1.18 bits per heavy atom. The second-order valence-electron chi connectivity index (χ2n) is 5.26. The lowest BCUT2D eigenvalue weighted by Crippen LogP contribution is -1.94. The maximum Gasteiger partial charge on any atom is 0.130 e. The number of hydrogen-bond donors (Lipinski definition) is 2. The zero-order valence-corrected chi connectivity index (χ0v) is 12.7. The number of methoxy groups -OCH3 is 1. The lowest BCUT2D eigenvalue weighted by atomic mass is 10.1. The van der Waals surface area contributed by atoms with Gasteiger partial charge in [-0.3, -0.25) is 5.10 Å². The largest absolute Gasteiger partial charge is 0.497 e. The van der Waals surface area contributed by atoms with Gasteiger partial charge in [0.25, 0.3) is 0 Å². The molecule has 3 aromatic rings. The molecule has 0 aliphatic heterocycles. The summed E-state index contributed by atoms with van der Waals surface area (Å²) in [7, 11) is 1.66. The van der Waals surface area contributed by atoms with Gasteiger partial charge < -0.3 is 10.1 Å². The fraction of sp³-hybridized carbons (Fsp3) is 0.118. The van der Waals surface area contributed by atoms with E-state index >= 15 is 0 Å². The molecule has 0 unspecified atom stereocenters. The number of ether oxygens (including phenoxy) is 1. The molecule has 0 saturated carbocycles. The molecule has 110 valence electrons. The van der Waals surface area contributed by atoms with Gasteiger partial charge in [0.15, 0.2) is 0 Å². The maximum absolute atomic E-state index is 6.08. The summed E-state index contributed by atoms with van der Waals surface area (Å²) in [6, 6.07) is 13.7. The van der Waals surface area contributed by atoms with Crippen LogP contribution in [0.4, 0.5) is 11.5 Å². The minimum atomic E-state index is 0.762. The Kier molecular flexibility index (Phi) is 3.05. The van der Waals surface area contributed by atoms with E-state index in [2.05, 4.69) is 15.5 Å². The lowest BCUT2D eigenvalue weighted by Gasteiger charge is -2.06. The van der Waals surface area contributed by atoms with Crippen molar-refractivity contribution in [2.45, 2.75) is 6.42 Å². The number of rotatable bonds is 3. The number of aromatic nitrogens is 2. The van der Waals surface area contributed by atoms with Crippen LogP contribution in [0.2, 0.25) is 5.02 Å². The van der Waals surface area contributed by atoms with Crippen LogP contribution < -0.4 is 10.1 Å². The van der Waals surface area contributed by atoms with Gasteiger partial charge in [-0.2, -0.15) is 5.10 Å². The Labute approximate surface area is 133 Å². The Hall–Kier alpha value is -2.46. The highest BCUT2D eigenvalue weighted by Crippen LogP contribution is 2.40. The van der Waals surface area contributed by atoms with Crippen LogP contribution in [0.3, 0.4) is 0 Å². The molecule has 0 bridgehead atoms. The first-order valence-electron chi connectivity index (χ1n) is 7.02. The molecule has 0 saturated heterocycles. The standard InChI is InChI=1S/C17H14ClN3O/c1-22-13-5-3-12(4-6-13)19-17-15-9-10-8-11(18)2-7-14(10)16(15)20-21-17/h2-8H,9H2,1H3,(H2,19,20,21). The predicted molar refractivity (Wildman–Crippen MR) is 88.1 cm³/mol. The molecule has 0 fully saturated rings. The lowest BCUT2D eigenvalue weighted by molar-refractivity contribution is 0.415. The Morgan fingerprint density at radius 2 is 2.00 bits per heavy atom. The Bertz CT molecular complexity index is 840. The van der Waals surface area contributed by atoms with Gasteiger partial charge in [0, 0.05) is 28.3 Å². The normalized spacial score (nSPS) is 11.9. The molecule has 5 heteroatoms. The van der Waals surface area contributed by atoms with Gasteiger partial charge in [0.05, 0.1) is 12.8 Å². The number of benzene rings is 2. The molecular formula is C17H14ClN3O. The number of halogens is 1. The van der Waals surface area contributed by atoms with Crippen molar-refractivity contribution in [3.05, 3.63) is 58.6 Å². The predicted octanol–water partition coefficient (Wildman–Crippen LogP) is 4.39. The van der Waals surface area contributed by atoms with Gasteiger partial charge >= 0.3 is 0 Å². The third-order valence-corrected chi connectivity index (χ3v) is 4.15. The topological polar surface area (TPSA) is 49.9 Å². The van der Waals surface area contributed by atoms with Crippen molar-refractivity contribution >= 4 is 23.1 Å². The highest BCUT2D eigenvalue weighted by Gasteiger charge is 2.24. The van der Waals surface area contributed by atoms with Crippen molar-refractivity contribution in [2.24, 2.45) is 0 Å². The van der Waals surface area contributed by atoms with Crippen LogP contribution in [-0.2, 0) is 6.42 Å². The van der Waals surface area contributed by atoms with Gasteiger partial charge in [-0.15, -0.1) is 0 Å². The highest BCUT2D eigenvalue weighted by molar-refractivity contribution is 6.30. The molecule has 0 spiro atoms. The summed E-state index contributed by atoms with van der Waals surface area (Å²) in [5, 5.41) is 11.7. The number of nitrogens with zero attached hydrogens (tertiary/aromatic N) is 1. The van der Waals surface area contributed by atoms with Crippen LogP contribution in [0, 0.1) is 0 Å². The molecule has 1 aliphatic rings. The van der Waals surface area contributed by atoms with Gasteiger partial charge in [-0.1, -0.05) is 17.7 Å².